The van der Waals surface area contributed by atoms with Crippen LogP contribution >= 0.6 is 0 Å². The van der Waals surface area contributed by atoms with Gasteiger partial charge in [-0.25, -0.2) is 0 Å². The van der Waals surface area contributed by atoms with E-state index in [0.29, 0.717) is 0 Å². The third-order valence-electron chi connectivity index (χ3n) is 12.8. The Hall–Kier alpha value is -8.46. The van der Waals surface area contributed by atoms with Crippen LogP contribution in [0.5, 0.6) is 0 Å². The molecule has 0 aliphatic heterocycles. The first-order valence-electron chi connectivity index (χ1n) is 22.0. The molecule has 0 N–H and O–H groups in total. The van der Waals surface area contributed by atoms with E-state index in [1.807, 2.05) is 0 Å². The van der Waals surface area contributed by atoms with E-state index in [9.17, 15) is 0 Å². The van der Waals surface area contributed by atoms with Crippen molar-refractivity contribution in [2.75, 3.05) is 4.90 Å². The van der Waals surface area contributed by atoms with Gasteiger partial charge in [0.25, 0.3) is 0 Å². The maximum Gasteiger partial charge on any atom is 0.0547 e. The molecule has 64 heavy (non-hydrogen) atoms. The molecule has 1 aromatic heterocycles. The average Bonchev–Trinajstić information content (AvgIpc) is 3.71. The van der Waals surface area contributed by atoms with Crippen molar-refractivity contribution in [2.24, 2.45) is 0 Å². The first-order valence-corrected chi connectivity index (χ1v) is 22.0. The molecule has 0 unspecified atom stereocenters. The second-order valence-electron chi connectivity index (χ2n) is 16.5. The lowest BCUT2D eigenvalue weighted by Crippen LogP contribution is -2.09. The minimum absolute atomic E-state index is 1.09. The monoisotopic (exact) mass is 814 g/mol. The number of para-hydroxylation sites is 2. The zero-order chi connectivity index (χ0) is 42.4. The van der Waals surface area contributed by atoms with Gasteiger partial charge in [-0.2, -0.15) is 0 Å². The molecule has 0 atom stereocenters. The Kier molecular flexibility index (Phi) is 9.20. The van der Waals surface area contributed by atoms with Gasteiger partial charge in [-0.05, 0) is 127 Å². The summed E-state index contributed by atoms with van der Waals surface area (Å²) in [5.74, 6) is 0. The molecule has 0 aliphatic carbocycles. The summed E-state index contributed by atoms with van der Waals surface area (Å²) in [5.41, 5.74) is 16.4. The van der Waals surface area contributed by atoms with Gasteiger partial charge in [-0.15, -0.1) is 0 Å². The van der Waals surface area contributed by atoms with Gasteiger partial charge >= 0.3 is 0 Å². The Morgan fingerprint density at radius 1 is 0.250 bits per heavy atom. The van der Waals surface area contributed by atoms with E-state index in [4.69, 9.17) is 0 Å². The molecule has 300 valence electrons. The standard InChI is InChI=1S/C62H42N2/c1-3-12-43(13-4-1)44-22-24-45(25-23-44)46-26-34-52(35-27-46)63(54-38-30-49(31-39-54)56-19-11-20-57-55-17-8-7-14-48(55)32-40-58(56)57)53-36-28-47(29-37-53)50-33-41-60-59-18-9-10-21-61(59)64(62(60)42-50)51-15-5-2-6-16-51/h1-42H. The predicted octanol–water partition coefficient (Wildman–Crippen LogP) is 17.2. The Labute approximate surface area is 373 Å². The first kappa shape index (κ1) is 37.3. The molecule has 0 fully saturated rings. The molecule has 0 saturated heterocycles. The number of rotatable bonds is 8. The summed E-state index contributed by atoms with van der Waals surface area (Å²) in [6.45, 7) is 0. The van der Waals surface area contributed by atoms with Crippen LogP contribution in [-0.4, -0.2) is 4.57 Å². The fourth-order valence-corrected chi connectivity index (χ4v) is 9.63. The fourth-order valence-electron chi connectivity index (χ4n) is 9.63. The molecular formula is C62H42N2. The number of fused-ring (bicyclic) bond motifs is 6. The van der Waals surface area contributed by atoms with Crippen LogP contribution in [0.25, 0.3) is 93.5 Å². The zero-order valence-corrected chi connectivity index (χ0v) is 35.1. The number of nitrogens with zero attached hydrogens (tertiary/aromatic N) is 2. The molecule has 0 radical (unpaired) electrons. The molecule has 0 amide bonds. The Balaban J connectivity index is 0.922. The smallest absolute Gasteiger partial charge is 0.0547 e. The minimum atomic E-state index is 1.09. The number of hydrogen-bond donors (Lipinski definition) is 0. The lowest BCUT2D eigenvalue weighted by Gasteiger charge is -2.26. The van der Waals surface area contributed by atoms with Crippen LogP contribution in [0.4, 0.5) is 17.1 Å². The van der Waals surface area contributed by atoms with Gasteiger partial charge in [-0.1, -0.05) is 194 Å². The van der Waals surface area contributed by atoms with Crippen LogP contribution < -0.4 is 4.90 Å². The van der Waals surface area contributed by atoms with E-state index < -0.39 is 0 Å². The quantitative estimate of drug-likeness (QED) is 0.139. The maximum atomic E-state index is 2.38. The summed E-state index contributed by atoms with van der Waals surface area (Å²) in [7, 11) is 0. The van der Waals surface area contributed by atoms with Crippen molar-refractivity contribution in [2.45, 2.75) is 0 Å². The van der Waals surface area contributed by atoms with Gasteiger partial charge in [0.1, 0.15) is 0 Å². The molecule has 0 saturated carbocycles. The third kappa shape index (κ3) is 6.61. The van der Waals surface area contributed by atoms with Crippen molar-refractivity contribution in [3.63, 3.8) is 0 Å². The Morgan fingerprint density at radius 3 is 1.36 bits per heavy atom. The van der Waals surface area contributed by atoms with Gasteiger partial charge in [0.15, 0.2) is 0 Å². The van der Waals surface area contributed by atoms with Crippen molar-refractivity contribution in [1.29, 1.82) is 0 Å². The van der Waals surface area contributed by atoms with Gasteiger partial charge in [-0.3, -0.25) is 0 Å². The highest BCUT2D eigenvalue weighted by atomic mass is 15.1. The molecule has 0 aliphatic rings. The summed E-state index contributed by atoms with van der Waals surface area (Å²) in [4.78, 5) is 2.36. The van der Waals surface area contributed by atoms with Gasteiger partial charge in [0.05, 0.1) is 11.0 Å². The normalized spacial score (nSPS) is 11.4. The molecule has 0 bridgehead atoms. The van der Waals surface area contributed by atoms with E-state index in [2.05, 4.69) is 264 Å². The van der Waals surface area contributed by atoms with Crippen LogP contribution in [0.3, 0.4) is 0 Å². The van der Waals surface area contributed by atoms with Gasteiger partial charge in [0, 0.05) is 33.5 Å². The average molecular weight is 815 g/mol. The predicted molar refractivity (Wildman–Crippen MR) is 272 cm³/mol. The largest absolute Gasteiger partial charge is 0.311 e. The molecule has 11 aromatic carbocycles. The summed E-state index contributed by atoms with van der Waals surface area (Å²) < 4.78 is 2.38. The first-order chi connectivity index (χ1) is 31.7. The lowest BCUT2D eigenvalue weighted by molar-refractivity contribution is 1.18. The minimum Gasteiger partial charge on any atom is -0.311 e. The van der Waals surface area contributed by atoms with Crippen molar-refractivity contribution in [3.8, 4) is 50.2 Å². The Morgan fingerprint density at radius 2 is 0.703 bits per heavy atom. The van der Waals surface area contributed by atoms with E-state index in [0.717, 1.165) is 22.7 Å². The molecule has 2 nitrogen and oxygen atoms in total. The topological polar surface area (TPSA) is 8.17 Å². The fraction of sp³-hybridized carbons (Fsp3) is 0. The van der Waals surface area contributed by atoms with Crippen molar-refractivity contribution >= 4 is 60.4 Å². The second-order valence-corrected chi connectivity index (χ2v) is 16.5. The number of benzene rings is 11. The summed E-state index contributed by atoms with van der Waals surface area (Å²) >= 11 is 0. The maximum absolute atomic E-state index is 2.38. The van der Waals surface area contributed by atoms with Crippen LogP contribution in [0.15, 0.2) is 255 Å². The molecule has 1 heterocycles. The van der Waals surface area contributed by atoms with E-state index in [1.165, 1.54) is 87.9 Å². The number of hydrogen-bond acceptors (Lipinski definition) is 1. The van der Waals surface area contributed by atoms with E-state index in [1.54, 1.807) is 0 Å². The van der Waals surface area contributed by atoms with Crippen molar-refractivity contribution in [3.05, 3.63) is 255 Å². The molecule has 2 heteroatoms. The molecular weight excluding hydrogens is 773 g/mol. The van der Waals surface area contributed by atoms with Gasteiger partial charge in [0.2, 0.25) is 0 Å². The van der Waals surface area contributed by atoms with Gasteiger partial charge < -0.3 is 9.47 Å². The molecule has 0 spiro atoms. The summed E-state index contributed by atoms with van der Waals surface area (Å²) in [6.07, 6.45) is 0. The number of anilines is 3. The van der Waals surface area contributed by atoms with Crippen LogP contribution in [0.2, 0.25) is 0 Å². The van der Waals surface area contributed by atoms with Crippen molar-refractivity contribution in [1.82, 2.24) is 4.57 Å². The van der Waals surface area contributed by atoms with E-state index >= 15 is 0 Å². The number of aromatic nitrogens is 1. The van der Waals surface area contributed by atoms with Crippen LogP contribution in [0.1, 0.15) is 0 Å². The highest BCUT2D eigenvalue weighted by molar-refractivity contribution is 6.12. The summed E-state index contributed by atoms with van der Waals surface area (Å²) in [5, 5.41) is 7.58. The second kappa shape index (κ2) is 15.8. The summed E-state index contributed by atoms with van der Waals surface area (Å²) in [6, 6.07) is 92.6. The highest BCUT2D eigenvalue weighted by Crippen LogP contribution is 2.41. The van der Waals surface area contributed by atoms with Crippen LogP contribution in [0, 0.1) is 0 Å². The Bertz CT molecular complexity index is 3610. The lowest BCUT2D eigenvalue weighted by atomic mass is 9.94. The zero-order valence-electron chi connectivity index (χ0n) is 35.1. The third-order valence-corrected chi connectivity index (χ3v) is 12.8. The van der Waals surface area contributed by atoms with E-state index in [-0.39, 0.29) is 0 Å². The van der Waals surface area contributed by atoms with Crippen LogP contribution in [-0.2, 0) is 0 Å². The molecule has 12 rings (SSSR count). The van der Waals surface area contributed by atoms with Crippen molar-refractivity contribution < 1.29 is 0 Å². The molecule has 12 aromatic rings. The highest BCUT2D eigenvalue weighted by Gasteiger charge is 2.17. The SMILES string of the molecule is c1ccc(-c2ccc(-c3ccc(N(c4ccc(-c5ccc6c7ccccc7n(-c7ccccc7)c6c5)cc4)c4ccc(-c5cccc6c5ccc5ccccc56)cc4)cc3)cc2)cc1.